The summed E-state index contributed by atoms with van der Waals surface area (Å²) >= 11 is 0. The van der Waals surface area contributed by atoms with Gasteiger partial charge in [-0.15, -0.1) is 0 Å². The van der Waals surface area contributed by atoms with E-state index in [9.17, 15) is 13.2 Å². The zero-order chi connectivity index (χ0) is 12.8. The van der Waals surface area contributed by atoms with Gasteiger partial charge in [-0.1, -0.05) is 0 Å². The summed E-state index contributed by atoms with van der Waals surface area (Å²) in [6.07, 6.45) is -2.66. The van der Waals surface area contributed by atoms with Gasteiger partial charge in [-0.3, -0.25) is 9.58 Å². The minimum absolute atomic E-state index is 0.0396. The molecule has 3 nitrogen and oxygen atoms in total. The first-order valence-electron chi connectivity index (χ1n) is 5.52. The number of aromatic nitrogens is 2. The molecule has 0 saturated heterocycles. The molecule has 17 heavy (non-hydrogen) atoms. The van der Waals surface area contributed by atoms with Crippen LogP contribution in [-0.2, 0) is 19.6 Å². The molecular weight excluding hydrogens is 231 g/mol. The van der Waals surface area contributed by atoms with Crippen LogP contribution in [0.1, 0.15) is 32.0 Å². The lowest BCUT2D eigenvalue weighted by atomic mass is 10.1. The summed E-state index contributed by atoms with van der Waals surface area (Å²) in [6.45, 7) is 6.38. The van der Waals surface area contributed by atoms with E-state index in [4.69, 9.17) is 0 Å². The van der Waals surface area contributed by atoms with Crippen molar-refractivity contribution in [2.45, 2.75) is 52.1 Å². The topological polar surface area (TPSA) is 21.1 Å². The van der Waals surface area contributed by atoms with E-state index >= 15 is 0 Å². The Kier molecular flexibility index (Phi) is 2.72. The molecule has 0 bridgehead atoms. The second-order valence-electron chi connectivity index (χ2n) is 5.42. The number of nitrogens with zero attached hydrogens (tertiary/aromatic N) is 3. The van der Waals surface area contributed by atoms with Crippen LogP contribution in [0, 0.1) is 0 Å². The molecule has 2 rings (SSSR count). The predicted molar refractivity (Wildman–Crippen MR) is 57.3 cm³/mol. The summed E-state index contributed by atoms with van der Waals surface area (Å²) in [5.74, 6) is 0. The van der Waals surface area contributed by atoms with E-state index < -0.39 is 12.7 Å². The lowest BCUT2D eigenvalue weighted by Gasteiger charge is -2.31. The zero-order valence-corrected chi connectivity index (χ0v) is 10.2. The Morgan fingerprint density at radius 2 is 1.88 bits per heavy atom. The van der Waals surface area contributed by atoms with Crippen LogP contribution in [0.2, 0.25) is 0 Å². The fourth-order valence-electron chi connectivity index (χ4n) is 1.99. The summed E-state index contributed by atoms with van der Waals surface area (Å²) in [4.78, 5) is 2.15. The Morgan fingerprint density at radius 1 is 1.24 bits per heavy atom. The third kappa shape index (κ3) is 2.62. The lowest BCUT2D eigenvalue weighted by molar-refractivity contribution is -0.143. The van der Waals surface area contributed by atoms with Crippen LogP contribution in [0.15, 0.2) is 6.20 Å². The number of hydrogen-bond donors (Lipinski definition) is 0. The maximum absolute atomic E-state index is 12.3. The highest BCUT2D eigenvalue weighted by molar-refractivity contribution is 5.23. The second kappa shape index (κ2) is 3.73. The van der Waals surface area contributed by atoms with Crippen LogP contribution in [-0.4, -0.2) is 26.4 Å². The van der Waals surface area contributed by atoms with Crippen molar-refractivity contribution in [3.05, 3.63) is 17.5 Å². The number of fused-ring (bicyclic) bond motifs is 1. The summed E-state index contributed by atoms with van der Waals surface area (Å²) in [7, 11) is 0. The van der Waals surface area contributed by atoms with E-state index in [2.05, 4.69) is 30.8 Å². The van der Waals surface area contributed by atoms with Gasteiger partial charge in [0, 0.05) is 24.2 Å². The molecule has 6 heteroatoms. The monoisotopic (exact) mass is 247 g/mol. The van der Waals surface area contributed by atoms with Crippen LogP contribution in [0.25, 0.3) is 0 Å². The number of alkyl halides is 3. The Bertz CT molecular complexity index is 415. The second-order valence-corrected chi connectivity index (χ2v) is 5.42. The zero-order valence-electron chi connectivity index (χ0n) is 10.2. The SMILES string of the molecule is CC(C)(C)N1Cc2cnn(CC(F)(F)F)c2C1. The van der Waals surface area contributed by atoms with Crippen LogP contribution in [0.4, 0.5) is 13.2 Å². The van der Waals surface area contributed by atoms with E-state index in [0.717, 1.165) is 10.2 Å². The molecule has 0 saturated carbocycles. The van der Waals surface area contributed by atoms with Crippen LogP contribution < -0.4 is 0 Å². The molecule has 2 heterocycles. The molecule has 0 spiro atoms. The maximum Gasteiger partial charge on any atom is 0.408 e. The van der Waals surface area contributed by atoms with E-state index in [0.29, 0.717) is 18.8 Å². The first kappa shape index (κ1) is 12.4. The van der Waals surface area contributed by atoms with Gasteiger partial charge in [0.25, 0.3) is 0 Å². The van der Waals surface area contributed by atoms with E-state index in [-0.39, 0.29) is 5.54 Å². The summed E-state index contributed by atoms with van der Waals surface area (Å²) < 4.78 is 38.1. The van der Waals surface area contributed by atoms with Crippen molar-refractivity contribution >= 4 is 0 Å². The summed E-state index contributed by atoms with van der Waals surface area (Å²) in [6, 6.07) is 0. The smallest absolute Gasteiger partial charge is 0.288 e. The quantitative estimate of drug-likeness (QED) is 0.760. The number of hydrogen-bond acceptors (Lipinski definition) is 2. The highest BCUT2D eigenvalue weighted by Gasteiger charge is 2.34. The standard InChI is InChI=1S/C11H16F3N3/c1-10(2,3)16-5-8-4-15-17(9(8)6-16)7-11(12,13)14/h4H,5-7H2,1-3H3. The molecule has 0 radical (unpaired) electrons. The van der Waals surface area contributed by atoms with Crippen molar-refractivity contribution in [3.8, 4) is 0 Å². The van der Waals surface area contributed by atoms with Crippen molar-refractivity contribution < 1.29 is 13.2 Å². The van der Waals surface area contributed by atoms with Crippen molar-refractivity contribution in [2.24, 2.45) is 0 Å². The minimum Gasteiger partial charge on any atom is -0.288 e. The van der Waals surface area contributed by atoms with E-state index in [1.165, 1.54) is 0 Å². The number of rotatable bonds is 1. The van der Waals surface area contributed by atoms with Crippen LogP contribution >= 0.6 is 0 Å². The molecule has 96 valence electrons. The summed E-state index contributed by atoms with van der Waals surface area (Å²) in [5.41, 5.74) is 1.56. The Morgan fingerprint density at radius 3 is 2.41 bits per heavy atom. The van der Waals surface area contributed by atoms with Crippen molar-refractivity contribution in [3.63, 3.8) is 0 Å². The molecule has 0 aromatic carbocycles. The van der Waals surface area contributed by atoms with Crippen molar-refractivity contribution in [2.75, 3.05) is 0 Å². The van der Waals surface area contributed by atoms with E-state index in [1.54, 1.807) is 6.20 Å². The minimum atomic E-state index is -4.21. The Balaban J connectivity index is 2.18. The fourth-order valence-corrected chi connectivity index (χ4v) is 1.99. The molecule has 1 aromatic rings. The van der Waals surface area contributed by atoms with Gasteiger partial charge in [0.05, 0.1) is 11.9 Å². The van der Waals surface area contributed by atoms with Gasteiger partial charge in [0.15, 0.2) is 0 Å². The normalized spacial score (nSPS) is 17.5. The van der Waals surface area contributed by atoms with Crippen molar-refractivity contribution in [1.82, 2.24) is 14.7 Å². The fraction of sp³-hybridized carbons (Fsp3) is 0.727. The van der Waals surface area contributed by atoms with Gasteiger partial charge in [0.2, 0.25) is 0 Å². The van der Waals surface area contributed by atoms with Gasteiger partial charge in [-0.25, -0.2) is 0 Å². The lowest BCUT2D eigenvalue weighted by Crippen LogP contribution is -2.37. The first-order chi connectivity index (χ1) is 7.67. The predicted octanol–water partition coefficient (Wildman–Crippen LogP) is 2.56. The molecule has 0 aliphatic carbocycles. The Labute approximate surface area is 98.2 Å². The van der Waals surface area contributed by atoms with Crippen LogP contribution in [0.5, 0.6) is 0 Å². The van der Waals surface area contributed by atoms with Gasteiger partial charge in [-0.05, 0) is 20.8 Å². The van der Waals surface area contributed by atoms with Gasteiger partial charge < -0.3 is 0 Å². The molecule has 0 unspecified atom stereocenters. The first-order valence-corrected chi connectivity index (χ1v) is 5.52. The average Bonchev–Trinajstić information content (AvgIpc) is 2.63. The van der Waals surface area contributed by atoms with Gasteiger partial charge in [-0.2, -0.15) is 18.3 Å². The number of halogens is 3. The largest absolute Gasteiger partial charge is 0.408 e. The molecular formula is C11H16F3N3. The van der Waals surface area contributed by atoms with Gasteiger partial charge in [0.1, 0.15) is 6.54 Å². The van der Waals surface area contributed by atoms with Crippen LogP contribution in [0.3, 0.4) is 0 Å². The maximum atomic E-state index is 12.3. The van der Waals surface area contributed by atoms with Gasteiger partial charge >= 0.3 is 6.18 Å². The molecule has 1 aliphatic heterocycles. The molecule has 0 amide bonds. The van der Waals surface area contributed by atoms with Crippen molar-refractivity contribution in [1.29, 1.82) is 0 Å². The highest BCUT2D eigenvalue weighted by Crippen LogP contribution is 2.30. The molecule has 1 aromatic heterocycles. The van der Waals surface area contributed by atoms with E-state index in [1.807, 2.05) is 0 Å². The molecule has 0 atom stereocenters. The molecule has 0 fully saturated rings. The third-order valence-corrected chi connectivity index (χ3v) is 3.01. The highest BCUT2D eigenvalue weighted by atomic mass is 19.4. The average molecular weight is 247 g/mol. The third-order valence-electron chi connectivity index (χ3n) is 3.01. The molecule has 0 N–H and O–H groups in total. The Hall–Kier alpha value is -1.04. The summed E-state index contributed by atoms with van der Waals surface area (Å²) in [5, 5.41) is 3.81. The molecule has 1 aliphatic rings.